The Balaban J connectivity index is 3.66. The molecule has 0 aromatic heterocycles. The molecule has 0 heterocycles. The zero-order chi connectivity index (χ0) is 7.98. The van der Waals surface area contributed by atoms with E-state index in [-0.39, 0.29) is 0 Å². The molecule has 0 heteroatoms. The van der Waals surface area contributed by atoms with E-state index in [0.29, 0.717) is 5.92 Å². The van der Waals surface area contributed by atoms with Gasteiger partial charge in [0.05, 0.1) is 0 Å². The first-order valence-corrected chi connectivity index (χ1v) is 3.98. The maximum absolute atomic E-state index is 2.24. The maximum atomic E-state index is 2.24. The van der Waals surface area contributed by atoms with Gasteiger partial charge in [0.25, 0.3) is 0 Å². The lowest BCUT2D eigenvalue weighted by Crippen LogP contribution is -1.98. The summed E-state index contributed by atoms with van der Waals surface area (Å²) in [6, 6.07) is 0. The van der Waals surface area contributed by atoms with Crippen molar-refractivity contribution in [3.8, 4) is 0 Å². The molecular weight excluding hydrogens is 120 g/mol. The second kappa shape index (κ2) is 5.28. The predicted molar refractivity (Wildman–Crippen MR) is 48.0 cm³/mol. The van der Waals surface area contributed by atoms with Gasteiger partial charge in [-0.15, -0.1) is 0 Å². The second-order valence-corrected chi connectivity index (χ2v) is 3.01. The van der Waals surface area contributed by atoms with Crippen molar-refractivity contribution in [3.63, 3.8) is 0 Å². The van der Waals surface area contributed by atoms with E-state index < -0.39 is 0 Å². The maximum Gasteiger partial charge on any atom is -0.0236 e. The largest absolute Gasteiger partial charge is 0.0877 e. The van der Waals surface area contributed by atoms with Crippen LogP contribution in [0.1, 0.15) is 27.7 Å². The van der Waals surface area contributed by atoms with Crippen LogP contribution in [0.3, 0.4) is 0 Å². The quantitative estimate of drug-likeness (QED) is 0.524. The molecule has 0 amide bonds. The summed E-state index contributed by atoms with van der Waals surface area (Å²) in [6.07, 6.45) is 8.47. The highest BCUT2D eigenvalue weighted by Crippen LogP contribution is 2.10. The Bertz CT molecular complexity index is 118. The average molecular weight is 138 g/mol. The van der Waals surface area contributed by atoms with Gasteiger partial charge >= 0.3 is 0 Å². The van der Waals surface area contributed by atoms with E-state index in [1.54, 1.807) is 0 Å². The van der Waals surface area contributed by atoms with Crippen molar-refractivity contribution in [1.29, 1.82) is 0 Å². The van der Waals surface area contributed by atoms with Crippen molar-refractivity contribution in [2.45, 2.75) is 27.7 Å². The smallest absolute Gasteiger partial charge is 0.0236 e. The number of allylic oxidation sites excluding steroid dienone is 4. The monoisotopic (exact) mass is 138 g/mol. The van der Waals surface area contributed by atoms with Crippen molar-refractivity contribution in [2.24, 2.45) is 11.8 Å². The molecule has 0 aliphatic rings. The van der Waals surface area contributed by atoms with Crippen molar-refractivity contribution in [3.05, 3.63) is 24.3 Å². The molecule has 0 fully saturated rings. The van der Waals surface area contributed by atoms with Crippen LogP contribution >= 0.6 is 0 Å². The fraction of sp³-hybridized carbons (Fsp3) is 0.600. The third kappa shape index (κ3) is 4.37. The zero-order valence-corrected chi connectivity index (χ0v) is 7.46. The molecule has 0 aliphatic carbocycles. The summed E-state index contributed by atoms with van der Waals surface area (Å²) in [5.74, 6) is 1.44. The van der Waals surface area contributed by atoms with Gasteiger partial charge in [-0.1, -0.05) is 45.1 Å². The second-order valence-electron chi connectivity index (χ2n) is 3.01. The van der Waals surface area contributed by atoms with E-state index in [4.69, 9.17) is 0 Å². The Hall–Kier alpha value is -0.520. The molecule has 0 saturated carbocycles. The van der Waals surface area contributed by atoms with Crippen LogP contribution in [0, 0.1) is 11.8 Å². The zero-order valence-electron chi connectivity index (χ0n) is 7.46. The lowest BCUT2D eigenvalue weighted by Gasteiger charge is -2.08. The summed E-state index contributed by atoms with van der Waals surface area (Å²) in [5.41, 5.74) is 0. The van der Waals surface area contributed by atoms with Gasteiger partial charge in [-0.25, -0.2) is 0 Å². The minimum absolute atomic E-state index is 0.691. The summed E-state index contributed by atoms with van der Waals surface area (Å²) >= 11 is 0. The van der Waals surface area contributed by atoms with Gasteiger partial charge in [0.2, 0.25) is 0 Å². The Kier molecular flexibility index (Phi) is 5.00. The molecule has 0 rings (SSSR count). The highest BCUT2D eigenvalue weighted by Gasteiger charge is 1.99. The fourth-order valence-corrected chi connectivity index (χ4v) is 0.573. The van der Waals surface area contributed by atoms with Gasteiger partial charge in [-0.05, 0) is 18.8 Å². The van der Waals surface area contributed by atoms with Crippen LogP contribution in [-0.4, -0.2) is 0 Å². The molecule has 0 aliphatic heterocycles. The van der Waals surface area contributed by atoms with E-state index in [9.17, 15) is 0 Å². The number of rotatable bonds is 3. The van der Waals surface area contributed by atoms with Crippen LogP contribution in [0.15, 0.2) is 24.3 Å². The summed E-state index contributed by atoms with van der Waals surface area (Å²) in [4.78, 5) is 0. The molecular formula is C10H18. The van der Waals surface area contributed by atoms with Crippen molar-refractivity contribution < 1.29 is 0 Å². The van der Waals surface area contributed by atoms with Crippen LogP contribution in [-0.2, 0) is 0 Å². The minimum atomic E-state index is 0.691. The van der Waals surface area contributed by atoms with Gasteiger partial charge in [0, 0.05) is 0 Å². The number of hydrogen-bond donors (Lipinski definition) is 0. The Labute approximate surface area is 64.6 Å². The van der Waals surface area contributed by atoms with Crippen LogP contribution in [0.5, 0.6) is 0 Å². The summed E-state index contributed by atoms with van der Waals surface area (Å²) in [6.45, 7) is 8.75. The third-order valence-corrected chi connectivity index (χ3v) is 1.77. The van der Waals surface area contributed by atoms with E-state index in [1.807, 2.05) is 13.0 Å². The molecule has 0 N–H and O–H groups in total. The highest BCUT2D eigenvalue weighted by atomic mass is 14.0. The van der Waals surface area contributed by atoms with Crippen LogP contribution in [0.4, 0.5) is 0 Å². The summed E-state index contributed by atoms with van der Waals surface area (Å²) in [5, 5.41) is 0. The molecule has 0 bridgehead atoms. The lowest BCUT2D eigenvalue weighted by molar-refractivity contribution is 0.504. The molecule has 0 spiro atoms. The first-order chi connectivity index (χ1) is 4.68. The minimum Gasteiger partial charge on any atom is -0.0877 e. The molecule has 0 aromatic rings. The first-order valence-electron chi connectivity index (χ1n) is 3.98. The van der Waals surface area contributed by atoms with Crippen LogP contribution in [0.2, 0.25) is 0 Å². The summed E-state index contributed by atoms with van der Waals surface area (Å²) in [7, 11) is 0. The molecule has 0 aromatic carbocycles. The van der Waals surface area contributed by atoms with Crippen molar-refractivity contribution in [2.75, 3.05) is 0 Å². The Morgan fingerprint density at radius 2 is 1.60 bits per heavy atom. The molecule has 0 nitrogen and oxygen atoms in total. The predicted octanol–water partition coefficient (Wildman–Crippen LogP) is 3.41. The first kappa shape index (κ1) is 9.48. The van der Waals surface area contributed by atoms with Gasteiger partial charge in [0.15, 0.2) is 0 Å². The van der Waals surface area contributed by atoms with Crippen LogP contribution < -0.4 is 0 Å². The Morgan fingerprint density at radius 1 is 1.00 bits per heavy atom. The molecule has 0 saturated heterocycles. The topological polar surface area (TPSA) is 0 Å². The lowest BCUT2D eigenvalue weighted by atomic mass is 9.98. The van der Waals surface area contributed by atoms with E-state index in [0.717, 1.165) is 5.92 Å². The van der Waals surface area contributed by atoms with Crippen molar-refractivity contribution in [1.82, 2.24) is 0 Å². The molecule has 1 unspecified atom stereocenters. The van der Waals surface area contributed by atoms with E-state index in [1.165, 1.54) is 0 Å². The molecule has 10 heavy (non-hydrogen) atoms. The van der Waals surface area contributed by atoms with E-state index >= 15 is 0 Å². The Morgan fingerprint density at radius 3 is 2.00 bits per heavy atom. The standard InChI is InChI=1S/C10H18/c1-5-6-7-8-10(4)9(2)3/h5-10H,1-4H3/b6-5-,8-7-. The van der Waals surface area contributed by atoms with Crippen molar-refractivity contribution >= 4 is 0 Å². The van der Waals surface area contributed by atoms with Gasteiger partial charge < -0.3 is 0 Å². The summed E-state index contributed by atoms with van der Waals surface area (Å²) < 4.78 is 0. The van der Waals surface area contributed by atoms with Gasteiger partial charge in [-0.3, -0.25) is 0 Å². The molecule has 0 radical (unpaired) electrons. The van der Waals surface area contributed by atoms with Gasteiger partial charge in [-0.2, -0.15) is 0 Å². The average Bonchev–Trinajstić information content (AvgIpc) is 1.88. The highest BCUT2D eigenvalue weighted by molar-refractivity contribution is 5.02. The SMILES string of the molecule is C/C=C\C=C/C(C)C(C)C. The van der Waals surface area contributed by atoms with Crippen LogP contribution in [0.25, 0.3) is 0 Å². The van der Waals surface area contributed by atoms with E-state index in [2.05, 4.69) is 39.0 Å². The normalized spacial score (nSPS) is 15.7. The number of hydrogen-bond acceptors (Lipinski definition) is 0. The molecule has 58 valence electrons. The van der Waals surface area contributed by atoms with Gasteiger partial charge in [0.1, 0.15) is 0 Å². The third-order valence-electron chi connectivity index (χ3n) is 1.77. The molecule has 1 atom stereocenters. The fourth-order valence-electron chi connectivity index (χ4n) is 0.573.